The van der Waals surface area contributed by atoms with Gasteiger partial charge >= 0.3 is 7.12 Å². The standard InChI is InChI=1S/C8H9BF2O2.C2H6/c10-8(11)5-6-1-3-7(4-2-6)9(12)13;1-2/h1-4,8,12-13H,5H2;1-2H3. The summed E-state index contributed by atoms with van der Waals surface area (Å²) in [6.45, 7) is 4.00. The number of benzene rings is 1. The predicted octanol–water partition coefficient (Wildman–Crippen LogP) is 1.20. The van der Waals surface area contributed by atoms with Gasteiger partial charge < -0.3 is 10.0 Å². The monoisotopic (exact) mass is 216 g/mol. The Morgan fingerprint density at radius 2 is 1.60 bits per heavy atom. The topological polar surface area (TPSA) is 40.5 Å². The van der Waals surface area contributed by atoms with Gasteiger partial charge in [0.05, 0.1) is 0 Å². The second-order valence-electron chi connectivity index (χ2n) is 2.71. The first-order valence-electron chi connectivity index (χ1n) is 4.82. The van der Waals surface area contributed by atoms with E-state index in [1.165, 1.54) is 24.3 Å². The van der Waals surface area contributed by atoms with Gasteiger partial charge in [-0.15, -0.1) is 0 Å². The van der Waals surface area contributed by atoms with Crippen molar-refractivity contribution in [2.75, 3.05) is 0 Å². The van der Waals surface area contributed by atoms with E-state index in [9.17, 15) is 8.78 Å². The van der Waals surface area contributed by atoms with Crippen LogP contribution in [0.15, 0.2) is 24.3 Å². The zero-order valence-electron chi connectivity index (χ0n) is 8.82. The molecule has 15 heavy (non-hydrogen) atoms. The molecule has 0 unspecified atom stereocenters. The Hall–Kier alpha value is -0.935. The molecule has 0 atom stereocenters. The first kappa shape index (κ1) is 14.1. The van der Waals surface area contributed by atoms with Crippen LogP contribution in [0, 0.1) is 0 Å². The zero-order valence-corrected chi connectivity index (χ0v) is 8.82. The fourth-order valence-corrected chi connectivity index (χ4v) is 1.00. The van der Waals surface area contributed by atoms with E-state index in [4.69, 9.17) is 10.0 Å². The van der Waals surface area contributed by atoms with Gasteiger partial charge in [-0.3, -0.25) is 0 Å². The molecule has 0 saturated heterocycles. The van der Waals surface area contributed by atoms with Gasteiger partial charge in [0.2, 0.25) is 6.43 Å². The van der Waals surface area contributed by atoms with E-state index in [-0.39, 0.29) is 6.42 Å². The smallest absolute Gasteiger partial charge is 0.423 e. The Bertz CT molecular complexity index is 263. The van der Waals surface area contributed by atoms with Crippen molar-refractivity contribution in [3.63, 3.8) is 0 Å². The molecule has 0 heterocycles. The summed E-state index contributed by atoms with van der Waals surface area (Å²) in [6.07, 6.45) is -2.67. The summed E-state index contributed by atoms with van der Waals surface area (Å²) >= 11 is 0. The van der Waals surface area contributed by atoms with Crippen LogP contribution < -0.4 is 5.46 Å². The lowest BCUT2D eigenvalue weighted by molar-refractivity contribution is 0.149. The molecule has 1 rings (SSSR count). The number of alkyl halides is 2. The average Bonchev–Trinajstić information content (AvgIpc) is 2.20. The van der Waals surface area contributed by atoms with Crippen LogP contribution in [0.3, 0.4) is 0 Å². The van der Waals surface area contributed by atoms with Crippen LogP contribution >= 0.6 is 0 Å². The van der Waals surface area contributed by atoms with Crippen LogP contribution in [0.25, 0.3) is 0 Å². The number of rotatable bonds is 3. The summed E-state index contributed by atoms with van der Waals surface area (Å²) in [5.74, 6) is 0. The Labute approximate surface area is 88.7 Å². The van der Waals surface area contributed by atoms with Crippen LogP contribution in [-0.2, 0) is 6.42 Å². The molecular formula is C10H15BF2O2. The lowest BCUT2D eigenvalue weighted by atomic mass is 9.80. The molecule has 1 aromatic carbocycles. The van der Waals surface area contributed by atoms with Crippen LogP contribution in [0.5, 0.6) is 0 Å². The van der Waals surface area contributed by atoms with Gasteiger partial charge in [-0.25, -0.2) is 8.78 Å². The van der Waals surface area contributed by atoms with E-state index < -0.39 is 13.5 Å². The average molecular weight is 216 g/mol. The second kappa shape index (κ2) is 7.37. The molecule has 0 radical (unpaired) electrons. The van der Waals surface area contributed by atoms with Gasteiger partial charge in [0.1, 0.15) is 0 Å². The Morgan fingerprint density at radius 1 is 1.13 bits per heavy atom. The number of halogens is 2. The quantitative estimate of drug-likeness (QED) is 0.745. The third-order valence-electron chi connectivity index (χ3n) is 1.67. The molecule has 0 aromatic heterocycles. The molecule has 0 aliphatic heterocycles. The van der Waals surface area contributed by atoms with Crippen molar-refractivity contribution < 1.29 is 18.8 Å². The molecule has 0 amide bonds. The van der Waals surface area contributed by atoms with Gasteiger partial charge in [0, 0.05) is 6.42 Å². The van der Waals surface area contributed by atoms with Gasteiger partial charge in [-0.2, -0.15) is 0 Å². The molecule has 84 valence electrons. The molecule has 0 saturated carbocycles. The molecule has 0 aliphatic carbocycles. The minimum atomic E-state index is -2.37. The largest absolute Gasteiger partial charge is 0.488 e. The van der Waals surface area contributed by atoms with E-state index in [2.05, 4.69) is 0 Å². The fraction of sp³-hybridized carbons (Fsp3) is 0.400. The minimum Gasteiger partial charge on any atom is -0.423 e. The van der Waals surface area contributed by atoms with Crippen molar-refractivity contribution in [2.45, 2.75) is 26.7 Å². The SMILES string of the molecule is CC.OB(O)c1ccc(CC(F)F)cc1. The number of hydrogen-bond acceptors (Lipinski definition) is 2. The fourth-order valence-electron chi connectivity index (χ4n) is 1.00. The van der Waals surface area contributed by atoms with Crippen LogP contribution in [0.2, 0.25) is 0 Å². The van der Waals surface area contributed by atoms with Crippen molar-refractivity contribution >= 4 is 12.6 Å². The van der Waals surface area contributed by atoms with Crippen molar-refractivity contribution in [1.82, 2.24) is 0 Å². The third-order valence-corrected chi connectivity index (χ3v) is 1.67. The summed E-state index contributed by atoms with van der Waals surface area (Å²) in [6, 6.07) is 5.76. The van der Waals surface area contributed by atoms with Gasteiger partial charge in [-0.1, -0.05) is 38.1 Å². The highest BCUT2D eigenvalue weighted by molar-refractivity contribution is 6.58. The lowest BCUT2D eigenvalue weighted by Crippen LogP contribution is -2.29. The third kappa shape index (κ3) is 5.49. The Kier molecular flexibility index (Phi) is 6.91. The molecule has 5 heteroatoms. The first-order chi connectivity index (χ1) is 7.09. The van der Waals surface area contributed by atoms with Gasteiger partial charge in [0.25, 0.3) is 0 Å². The summed E-state index contributed by atoms with van der Waals surface area (Å²) in [5.41, 5.74) is 0.789. The molecule has 0 aliphatic rings. The Morgan fingerprint density at radius 3 is 1.93 bits per heavy atom. The van der Waals surface area contributed by atoms with E-state index in [1.807, 2.05) is 13.8 Å². The highest BCUT2D eigenvalue weighted by atomic mass is 19.3. The molecule has 0 bridgehead atoms. The van der Waals surface area contributed by atoms with Crippen LogP contribution in [-0.4, -0.2) is 23.6 Å². The van der Waals surface area contributed by atoms with E-state index >= 15 is 0 Å². The lowest BCUT2D eigenvalue weighted by Gasteiger charge is -2.02. The van der Waals surface area contributed by atoms with E-state index in [0.29, 0.717) is 11.0 Å². The molecule has 0 spiro atoms. The highest BCUT2D eigenvalue weighted by Crippen LogP contribution is 2.05. The molecular weight excluding hydrogens is 201 g/mol. The Balaban J connectivity index is 0.000000921. The summed E-state index contributed by atoms with van der Waals surface area (Å²) in [7, 11) is -1.54. The van der Waals surface area contributed by atoms with Crippen LogP contribution in [0.4, 0.5) is 8.78 Å². The van der Waals surface area contributed by atoms with Gasteiger partial charge in [-0.05, 0) is 11.0 Å². The minimum absolute atomic E-state index is 0.304. The van der Waals surface area contributed by atoms with Crippen molar-refractivity contribution in [2.24, 2.45) is 0 Å². The predicted molar refractivity (Wildman–Crippen MR) is 57.3 cm³/mol. The van der Waals surface area contributed by atoms with Crippen LogP contribution in [0.1, 0.15) is 19.4 Å². The highest BCUT2D eigenvalue weighted by Gasteiger charge is 2.10. The summed E-state index contributed by atoms with van der Waals surface area (Å²) < 4.78 is 23.8. The maximum Gasteiger partial charge on any atom is 0.488 e. The first-order valence-corrected chi connectivity index (χ1v) is 4.82. The molecule has 1 aromatic rings. The maximum atomic E-state index is 11.9. The second-order valence-corrected chi connectivity index (χ2v) is 2.71. The normalized spacial score (nSPS) is 9.53. The molecule has 2 nitrogen and oxygen atoms in total. The summed E-state index contributed by atoms with van der Waals surface area (Å²) in [4.78, 5) is 0. The van der Waals surface area contributed by atoms with Crippen molar-refractivity contribution in [3.05, 3.63) is 29.8 Å². The van der Waals surface area contributed by atoms with E-state index in [1.54, 1.807) is 0 Å². The molecule has 0 fully saturated rings. The van der Waals surface area contributed by atoms with E-state index in [0.717, 1.165) is 0 Å². The maximum absolute atomic E-state index is 11.9. The van der Waals surface area contributed by atoms with Gasteiger partial charge in [0.15, 0.2) is 0 Å². The zero-order chi connectivity index (χ0) is 11.8. The van der Waals surface area contributed by atoms with Crippen molar-refractivity contribution in [3.8, 4) is 0 Å². The molecule has 2 N–H and O–H groups in total. The van der Waals surface area contributed by atoms with Crippen molar-refractivity contribution in [1.29, 1.82) is 0 Å². The number of hydrogen-bond donors (Lipinski definition) is 2. The summed E-state index contributed by atoms with van der Waals surface area (Å²) in [5, 5.41) is 17.4.